The summed E-state index contributed by atoms with van der Waals surface area (Å²) in [6.45, 7) is 8.64. The standard InChI is InChI=1S/C35H37N3OS/c1-4-5-6-7-8-9-14-27-19-21-28(22-20-27)26(3)39-33-23-29(25(2)30-15-10-11-16-31(30)33)24-36-38-35-37-32-17-12-13-18-34(32)40-35/h10-13,15-24H,3-9,14H2,1-2H3,(H,37,38)/b36-24+. The highest BCUT2D eigenvalue weighted by atomic mass is 32.1. The quantitative estimate of drug-likeness (QED) is 0.0690. The molecule has 0 radical (unpaired) electrons. The number of thiazole rings is 1. The third-order valence-electron chi connectivity index (χ3n) is 7.30. The molecule has 5 rings (SSSR count). The van der Waals surface area contributed by atoms with Crippen LogP contribution in [0.4, 0.5) is 5.13 Å². The average Bonchev–Trinajstić information content (AvgIpc) is 3.40. The number of fused-ring (bicyclic) bond motifs is 2. The van der Waals surface area contributed by atoms with Crippen LogP contribution in [0.5, 0.6) is 5.75 Å². The lowest BCUT2D eigenvalue weighted by atomic mass is 9.99. The minimum atomic E-state index is 0.635. The number of anilines is 1. The van der Waals surface area contributed by atoms with E-state index in [1.807, 2.05) is 36.5 Å². The summed E-state index contributed by atoms with van der Waals surface area (Å²) in [4.78, 5) is 4.60. The van der Waals surface area contributed by atoms with Gasteiger partial charge in [-0.3, -0.25) is 5.43 Å². The molecule has 40 heavy (non-hydrogen) atoms. The van der Waals surface area contributed by atoms with Crippen molar-refractivity contribution < 1.29 is 4.74 Å². The van der Waals surface area contributed by atoms with E-state index in [0.29, 0.717) is 5.76 Å². The second-order valence-corrected chi connectivity index (χ2v) is 11.3. The number of hydrogen-bond acceptors (Lipinski definition) is 5. The Balaban J connectivity index is 1.28. The zero-order valence-electron chi connectivity index (χ0n) is 23.5. The topological polar surface area (TPSA) is 46.5 Å². The molecule has 0 bridgehead atoms. The van der Waals surface area contributed by atoms with Crippen LogP contribution in [0.25, 0.3) is 26.7 Å². The first-order valence-corrected chi connectivity index (χ1v) is 15.1. The maximum atomic E-state index is 6.40. The Morgan fingerprint density at radius 2 is 1.65 bits per heavy atom. The lowest BCUT2D eigenvalue weighted by Gasteiger charge is -2.15. The van der Waals surface area contributed by atoms with Gasteiger partial charge < -0.3 is 4.74 Å². The maximum absolute atomic E-state index is 6.40. The lowest BCUT2D eigenvalue weighted by Crippen LogP contribution is -1.99. The number of para-hydroxylation sites is 1. The Labute approximate surface area is 241 Å². The second kappa shape index (κ2) is 13.4. The number of ether oxygens (including phenoxy) is 1. The van der Waals surface area contributed by atoms with Crippen molar-refractivity contribution in [2.75, 3.05) is 5.43 Å². The summed E-state index contributed by atoms with van der Waals surface area (Å²) in [5.41, 5.74) is 8.54. The van der Waals surface area contributed by atoms with Gasteiger partial charge in [0, 0.05) is 16.5 Å². The van der Waals surface area contributed by atoms with Crippen LogP contribution >= 0.6 is 11.3 Å². The van der Waals surface area contributed by atoms with Crippen LogP contribution in [0.15, 0.2) is 90.5 Å². The maximum Gasteiger partial charge on any atom is 0.204 e. The van der Waals surface area contributed by atoms with Gasteiger partial charge in [-0.2, -0.15) is 5.10 Å². The molecular weight excluding hydrogens is 510 g/mol. The molecule has 0 aliphatic rings. The number of hydrogen-bond donors (Lipinski definition) is 1. The van der Waals surface area contributed by atoms with E-state index < -0.39 is 0 Å². The van der Waals surface area contributed by atoms with Gasteiger partial charge in [-0.1, -0.05) is 118 Å². The van der Waals surface area contributed by atoms with Crippen molar-refractivity contribution in [1.82, 2.24) is 4.98 Å². The summed E-state index contributed by atoms with van der Waals surface area (Å²) >= 11 is 1.58. The van der Waals surface area contributed by atoms with E-state index in [1.165, 1.54) is 44.1 Å². The fourth-order valence-electron chi connectivity index (χ4n) is 4.96. The van der Waals surface area contributed by atoms with Gasteiger partial charge in [-0.15, -0.1) is 0 Å². The molecule has 1 aromatic heterocycles. The van der Waals surface area contributed by atoms with Crippen molar-refractivity contribution >= 4 is 49.4 Å². The number of aryl methyl sites for hydroxylation is 2. The molecule has 5 aromatic rings. The molecule has 4 aromatic carbocycles. The highest BCUT2D eigenvalue weighted by Crippen LogP contribution is 2.33. The van der Waals surface area contributed by atoms with Crippen molar-refractivity contribution in [3.63, 3.8) is 0 Å². The summed E-state index contributed by atoms with van der Waals surface area (Å²) in [6.07, 6.45) is 10.8. The third kappa shape index (κ3) is 6.78. The molecule has 0 aliphatic carbocycles. The molecule has 1 N–H and O–H groups in total. The number of unbranched alkanes of at least 4 members (excludes halogenated alkanes) is 5. The number of nitrogens with one attached hydrogen (secondary N) is 1. The first kappa shape index (κ1) is 27.6. The van der Waals surface area contributed by atoms with Gasteiger partial charge in [0.1, 0.15) is 11.5 Å². The third-order valence-corrected chi connectivity index (χ3v) is 8.24. The Hall–Kier alpha value is -3.96. The summed E-state index contributed by atoms with van der Waals surface area (Å²) in [5.74, 6) is 1.40. The molecule has 0 aliphatic heterocycles. The van der Waals surface area contributed by atoms with Crippen LogP contribution in [-0.2, 0) is 6.42 Å². The molecular formula is C35H37N3OS. The Bertz CT molecular complexity index is 1580. The minimum Gasteiger partial charge on any atom is -0.457 e. The van der Waals surface area contributed by atoms with Gasteiger partial charge in [0.05, 0.1) is 16.4 Å². The second-order valence-electron chi connectivity index (χ2n) is 10.2. The molecule has 1 heterocycles. The predicted molar refractivity (Wildman–Crippen MR) is 173 cm³/mol. The average molecular weight is 548 g/mol. The van der Waals surface area contributed by atoms with E-state index in [-0.39, 0.29) is 0 Å². The van der Waals surface area contributed by atoms with E-state index in [1.54, 1.807) is 11.3 Å². The number of benzene rings is 4. The fourth-order valence-corrected chi connectivity index (χ4v) is 5.78. The highest BCUT2D eigenvalue weighted by Gasteiger charge is 2.12. The SMILES string of the molecule is C=C(Oc1cc(/C=N/Nc2nc3ccccc3s2)c(C)c2ccccc12)c1ccc(CCCCCCCC)cc1. The van der Waals surface area contributed by atoms with E-state index >= 15 is 0 Å². The van der Waals surface area contributed by atoms with Crippen molar-refractivity contribution in [3.8, 4) is 5.75 Å². The molecule has 4 nitrogen and oxygen atoms in total. The molecule has 204 valence electrons. The molecule has 0 saturated heterocycles. The van der Waals surface area contributed by atoms with Crippen LogP contribution in [-0.4, -0.2) is 11.2 Å². The molecule has 0 atom stereocenters. The van der Waals surface area contributed by atoms with Crippen LogP contribution in [0.3, 0.4) is 0 Å². The van der Waals surface area contributed by atoms with Gasteiger partial charge in [0.2, 0.25) is 5.13 Å². The van der Waals surface area contributed by atoms with Crippen LogP contribution in [0.2, 0.25) is 0 Å². The smallest absolute Gasteiger partial charge is 0.204 e. The summed E-state index contributed by atoms with van der Waals surface area (Å²) < 4.78 is 7.53. The van der Waals surface area contributed by atoms with Crippen LogP contribution in [0.1, 0.15) is 67.7 Å². The summed E-state index contributed by atoms with van der Waals surface area (Å²) in [6, 6.07) is 27.1. The first-order valence-electron chi connectivity index (χ1n) is 14.3. The zero-order valence-corrected chi connectivity index (χ0v) is 24.3. The van der Waals surface area contributed by atoms with Gasteiger partial charge in [-0.25, -0.2) is 4.98 Å². The van der Waals surface area contributed by atoms with Gasteiger partial charge >= 0.3 is 0 Å². The Morgan fingerprint density at radius 3 is 2.45 bits per heavy atom. The van der Waals surface area contributed by atoms with Crippen LogP contribution in [0, 0.1) is 6.92 Å². The molecule has 0 spiro atoms. The number of nitrogens with zero attached hydrogens (tertiary/aromatic N) is 2. The minimum absolute atomic E-state index is 0.635. The van der Waals surface area contributed by atoms with Gasteiger partial charge in [0.25, 0.3) is 0 Å². The summed E-state index contributed by atoms with van der Waals surface area (Å²) in [5, 5.41) is 7.45. The van der Waals surface area contributed by atoms with Crippen LogP contribution < -0.4 is 10.2 Å². The highest BCUT2D eigenvalue weighted by molar-refractivity contribution is 7.22. The Kier molecular flexibility index (Phi) is 9.25. The van der Waals surface area contributed by atoms with Gasteiger partial charge in [0.15, 0.2) is 0 Å². The molecule has 0 unspecified atom stereocenters. The molecule has 0 saturated carbocycles. The normalized spacial score (nSPS) is 11.4. The summed E-state index contributed by atoms with van der Waals surface area (Å²) in [7, 11) is 0. The van der Waals surface area contributed by atoms with Crippen molar-refractivity contribution in [1.29, 1.82) is 0 Å². The van der Waals surface area contributed by atoms with Crippen molar-refractivity contribution in [2.45, 2.75) is 58.8 Å². The monoisotopic (exact) mass is 547 g/mol. The predicted octanol–water partition coefficient (Wildman–Crippen LogP) is 10.2. The first-order chi connectivity index (χ1) is 19.6. The largest absolute Gasteiger partial charge is 0.457 e. The molecule has 0 amide bonds. The van der Waals surface area contributed by atoms with Crippen molar-refractivity contribution in [3.05, 3.63) is 108 Å². The van der Waals surface area contributed by atoms with Gasteiger partial charge in [-0.05, 0) is 54.5 Å². The van der Waals surface area contributed by atoms with E-state index in [2.05, 4.69) is 84.5 Å². The lowest BCUT2D eigenvalue weighted by molar-refractivity contribution is 0.522. The fraction of sp³-hybridized carbons (Fsp3) is 0.257. The number of rotatable bonds is 13. The van der Waals surface area contributed by atoms with E-state index in [4.69, 9.17) is 4.74 Å². The molecule has 0 fully saturated rings. The molecule has 5 heteroatoms. The van der Waals surface area contributed by atoms with E-state index in [9.17, 15) is 0 Å². The Morgan fingerprint density at radius 1 is 0.925 bits per heavy atom. The van der Waals surface area contributed by atoms with E-state index in [0.717, 1.165) is 55.0 Å². The zero-order chi connectivity index (χ0) is 27.7. The van der Waals surface area contributed by atoms with Crippen molar-refractivity contribution in [2.24, 2.45) is 5.10 Å². The number of aromatic nitrogens is 1. The number of hydrazone groups is 1.